The molecule has 2 fully saturated rings. The van der Waals surface area contributed by atoms with Crippen LogP contribution in [0.3, 0.4) is 0 Å². The molecule has 2 aliphatic carbocycles. The zero-order valence-corrected chi connectivity index (χ0v) is 10.5. The zero-order chi connectivity index (χ0) is 9.58. The summed E-state index contributed by atoms with van der Waals surface area (Å²) >= 11 is 41.0. The monoisotopic (exact) mass is 306 g/mol. The Morgan fingerprint density at radius 1 is 0.833 bits per heavy atom. The highest BCUT2D eigenvalue weighted by Gasteiger charge is 3.05. The Bertz CT molecular complexity index is 251. The number of fused-ring (bicyclic) bond motifs is 1. The average molecular weight is 309 g/mol. The first-order valence-electron chi connectivity index (χ1n) is 2.93. The van der Waals surface area contributed by atoms with Gasteiger partial charge in [0, 0.05) is 0 Å². The van der Waals surface area contributed by atoms with Gasteiger partial charge < -0.3 is 0 Å². The normalized spacial score (nSPS) is 58.8. The van der Waals surface area contributed by atoms with E-state index in [1.54, 1.807) is 0 Å². The quantitative estimate of drug-likeness (QED) is 0.595. The van der Waals surface area contributed by atoms with Gasteiger partial charge in [0.15, 0.2) is 8.67 Å². The third kappa shape index (κ3) is 0.634. The highest BCUT2D eigenvalue weighted by Crippen LogP contribution is 2.89. The summed E-state index contributed by atoms with van der Waals surface area (Å²) in [6.45, 7) is 0. The first-order valence-corrected chi connectivity index (χ1v) is 5.63. The summed E-state index contributed by atoms with van der Waals surface area (Å²) < 4.78 is -2.74. The topological polar surface area (TPSA) is 0 Å². The van der Waals surface area contributed by atoms with Gasteiger partial charge >= 0.3 is 0 Å². The van der Waals surface area contributed by atoms with Crippen LogP contribution in [0.25, 0.3) is 0 Å². The van der Waals surface area contributed by atoms with Gasteiger partial charge in [0.1, 0.15) is 9.75 Å². The summed E-state index contributed by atoms with van der Waals surface area (Å²) in [5, 5.41) is -0.748. The van der Waals surface area contributed by atoms with Gasteiger partial charge in [0.05, 0.1) is 5.38 Å². The molecule has 0 bridgehead atoms. The molecule has 2 saturated carbocycles. The molecule has 2 aliphatic rings. The van der Waals surface area contributed by atoms with Crippen molar-refractivity contribution < 1.29 is 0 Å². The van der Waals surface area contributed by atoms with Gasteiger partial charge in [-0.1, -0.05) is 46.4 Å². The van der Waals surface area contributed by atoms with E-state index in [0.29, 0.717) is 0 Å². The molecule has 2 rings (SSSR count). The fourth-order valence-electron chi connectivity index (χ4n) is 1.57. The van der Waals surface area contributed by atoms with Gasteiger partial charge in [-0.15, -0.1) is 34.8 Å². The second-order valence-electron chi connectivity index (χ2n) is 2.93. The molecule has 0 spiro atoms. The molecule has 0 amide bonds. The van der Waals surface area contributed by atoms with Gasteiger partial charge in [0.25, 0.3) is 0 Å². The predicted molar refractivity (Wildman–Crippen MR) is 55.7 cm³/mol. The molecule has 0 heterocycles. The van der Waals surface area contributed by atoms with Crippen molar-refractivity contribution >= 4 is 81.2 Å². The molecule has 0 saturated heterocycles. The van der Waals surface area contributed by atoms with Crippen molar-refractivity contribution in [2.24, 2.45) is 0 Å². The number of alkyl halides is 7. The molecular weight excluding hydrogens is 308 g/mol. The Balaban J connectivity index is 2.48. The van der Waals surface area contributed by atoms with Crippen LogP contribution < -0.4 is 0 Å². The maximum atomic E-state index is 5.95. The van der Waals surface area contributed by atoms with Crippen LogP contribution in [-0.4, -0.2) is 23.8 Å². The number of hydrogen-bond donors (Lipinski definition) is 0. The minimum Gasteiger partial charge on any atom is -0.118 e. The van der Waals surface area contributed by atoms with E-state index in [1.165, 1.54) is 0 Å². The Kier molecular flexibility index (Phi) is 1.97. The van der Waals surface area contributed by atoms with Crippen LogP contribution in [0.1, 0.15) is 0 Å². The van der Waals surface area contributed by atoms with Gasteiger partial charge in [-0.2, -0.15) is 0 Å². The Labute approximate surface area is 104 Å². The Hall–Kier alpha value is 2.03. The van der Waals surface area contributed by atoms with Crippen LogP contribution >= 0.6 is 81.2 Å². The molecular formula is C5HCl7. The molecule has 3 atom stereocenters. The zero-order valence-electron chi connectivity index (χ0n) is 5.22. The second-order valence-corrected chi connectivity index (χ2v) is 7.24. The predicted octanol–water partition coefficient (Wildman–Crippen LogP) is 3.92. The van der Waals surface area contributed by atoms with Crippen LogP contribution in [0.4, 0.5) is 0 Å². The smallest absolute Gasteiger partial charge is 0.118 e. The summed E-state index contributed by atoms with van der Waals surface area (Å²) in [4.78, 5) is -2.36. The molecule has 70 valence electrons. The standard InChI is InChI=1S/C5HCl7/c6-1-2(7)4(10,3(1,8)9)5(2,11)12/h1H. The van der Waals surface area contributed by atoms with Crippen LogP contribution in [0.2, 0.25) is 0 Å². The first-order chi connectivity index (χ1) is 5.15. The summed E-state index contributed by atoms with van der Waals surface area (Å²) in [6.07, 6.45) is 0. The van der Waals surface area contributed by atoms with E-state index < -0.39 is 23.8 Å². The van der Waals surface area contributed by atoms with Gasteiger partial charge in [-0.25, -0.2) is 0 Å². The van der Waals surface area contributed by atoms with Crippen molar-refractivity contribution in [3.8, 4) is 0 Å². The van der Waals surface area contributed by atoms with Gasteiger partial charge in [0.2, 0.25) is 0 Å². The largest absolute Gasteiger partial charge is 0.164 e. The van der Waals surface area contributed by atoms with Crippen LogP contribution in [0.15, 0.2) is 0 Å². The number of hydrogen-bond acceptors (Lipinski definition) is 0. The van der Waals surface area contributed by atoms with E-state index in [1.807, 2.05) is 0 Å². The van der Waals surface area contributed by atoms with Crippen LogP contribution in [-0.2, 0) is 0 Å². The van der Waals surface area contributed by atoms with Gasteiger partial charge in [-0.05, 0) is 0 Å². The minimum absolute atomic E-state index is 0.748. The SMILES string of the molecule is ClC1C(Cl)(Cl)C2(Cl)C(Cl)(Cl)C12Cl. The highest BCUT2D eigenvalue weighted by atomic mass is 35.5. The molecule has 3 unspecified atom stereocenters. The lowest BCUT2D eigenvalue weighted by molar-refractivity contribution is 0.496. The van der Waals surface area contributed by atoms with Crippen molar-refractivity contribution in [2.45, 2.75) is 23.8 Å². The lowest BCUT2D eigenvalue weighted by Gasteiger charge is -2.42. The third-order valence-corrected chi connectivity index (χ3v) is 7.95. The maximum absolute atomic E-state index is 5.95. The summed E-state index contributed by atoms with van der Waals surface area (Å²) in [6, 6.07) is 0. The van der Waals surface area contributed by atoms with E-state index in [2.05, 4.69) is 0 Å². The van der Waals surface area contributed by atoms with Crippen LogP contribution in [0, 0.1) is 0 Å². The molecule has 12 heavy (non-hydrogen) atoms. The number of rotatable bonds is 0. The van der Waals surface area contributed by atoms with E-state index >= 15 is 0 Å². The lowest BCUT2D eigenvalue weighted by atomic mass is 9.96. The van der Waals surface area contributed by atoms with E-state index in [-0.39, 0.29) is 0 Å². The average Bonchev–Trinajstić information content (AvgIpc) is 2.29. The van der Waals surface area contributed by atoms with E-state index in [9.17, 15) is 0 Å². The van der Waals surface area contributed by atoms with E-state index in [4.69, 9.17) is 81.2 Å². The minimum atomic E-state index is -1.37. The first kappa shape index (κ1) is 10.5. The third-order valence-electron chi connectivity index (χ3n) is 2.46. The summed E-state index contributed by atoms with van der Waals surface area (Å²) in [7, 11) is 0. The molecule has 0 nitrogen and oxygen atoms in total. The molecule has 7 heteroatoms. The van der Waals surface area contributed by atoms with E-state index in [0.717, 1.165) is 0 Å². The molecule has 0 aromatic carbocycles. The maximum Gasteiger partial charge on any atom is 0.164 e. The van der Waals surface area contributed by atoms with Crippen molar-refractivity contribution in [2.75, 3.05) is 0 Å². The van der Waals surface area contributed by atoms with Crippen molar-refractivity contribution in [1.82, 2.24) is 0 Å². The van der Waals surface area contributed by atoms with Gasteiger partial charge in [-0.3, -0.25) is 0 Å². The fourth-order valence-corrected chi connectivity index (χ4v) is 5.85. The molecule has 0 aromatic rings. The van der Waals surface area contributed by atoms with Crippen molar-refractivity contribution in [1.29, 1.82) is 0 Å². The van der Waals surface area contributed by atoms with Crippen molar-refractivity contribution in [3.63, 3.8) is 0 Å². The highest BCUT2D eigenvalue weighted by molar-refractivity contribution is 6.76. The number of halogens is 7. The molecule has 0 radical (unpaired) electrons. The fraction of sp³-hybridized carbons (Fsp3) is 1.00. The summed E-state index contributed by atoms with van der Waals surface area (Å²) in [5.74, 6) is 0. The summed E-state index contributed by atoms with van der Waals surface area (Å²) in [5.41, 5.74) is 0. The second kappa shape index (κ2) is 2.24. The molecule has 0 aromatic heterocycles. The lowest BCUT2D eigenvalue weighted by Crippen LogP contribution is -2.59. The van der Waals surface area contributed by atoms with Crippen LogP contribution in [0.5, 0.6) is 0 Å². The molecule has 0 aliphatic heterocycles. The molecule has 0 N–H and O–H groups in total. The Morgan fingerprint density at radius 2 is 1.25 bits per heavy atom. The van der Waals surface area contributed by atoms with Crippen molar-refractivity contribution in [3.05, 3.63) is 0 Å². The Morgan fingerprint density at radius 3 is 1.33 bits per heavy atom.